The summed E-state index contributed by atoms with van der Waals surface area (Å²) in [7, 11) is 3.54. The van der Waals surface area contributed by atoms with Gasteiger partial charge in [-0.25, -0.2) is 0 Å². The highest BCUT2D eigenvalue weighted by atomic mass is 16.5. The average Bonchev–Trinajstić information content (AvgIpc) is 3.44. The molecular weight excluding hydrogens is 478 g/mol. The lowest BCUT2D eigenvalue weighted by molar-refractivity contribution is -0.0422. The Kier molecular flexibility index (Phi) is 5.46. The highest BCUT2D eigenvalue weighted by Gasteiger charge is 2.52. The van der Waals surface area contributed by atoms with Crippen LogP contribution in [0.2, 0.25) is 0 Å². The van der Waals surface area contributed by atoms with E-state index in [9.17, 15) is 5.11 Å². The van der Waals surface area contributed by atoms with Crippen LogP contribution in [0.25, 0.3) is 33.3 Å². The summed E-state index contributed by atoms with van der Waals surface area (Å²) in [4.78, 5) is 2.59. The number of likely N-dealkylation sites (tertiary alicyclic amines) is 1. The molecule has 2 saturated heterocycles. The van der Waals surface area contributed by atoms with Crippen LogP contribution in [0.15, 0.2) is 48.7 Å². The van der Waals surface area contributed by atoms with E-state index < -0.39 is 0 Å². The van der Waals surface area contributed by atoms with Crippen molar-refractivity contribution in [1.82, 2.24) is 24.9 Å². The number of nitrogens with zero attached hydrogens (tertiary/aromatic N) is 5. The predicted octanol–water partition coefficient (Wildman–Crippen LogP) is 4.77. The summed E-state index contributed by atoms with van der Waals surface area (Å²) < 4.78 is 13.2. The van der Waals surface area contributed by atoms with Crippen molar-refractivity contribution in [3.8, 4) is 33.9 Å². The number of aromatic nitrogens is 4. The molecule has 1 atom stereocenters. The smallest absolute Gasteiger partial charge is 0.147 e. The van der Waals surface area contributed by atoms with Gasteiger partial charge in [0.05, 0.1) is 31.2 Å². The summed E-state index contributed by atoms with van der Waals surface area (Å²) in [5.41, 5.74) is 5.49. The number of phenols is 1. The monoisotopic (exact) mass is 511 g/mol. The van der Waals surface area contributed by atoms with Crippen molar-refractivity contribution < 1.29 is 14.6 Å². The van der Waals surface area contributed by atoms with Gasteiger partial charge in [-0.05, 0) is 79.1 Å². The highest BCUT2D eigenvalue weighted by Crippen LogP contribution is 2.52. The second-order valence-corrected chi connectivity index (χ2v) is 11.5. The molecule has 3 fully saturated rings. The molecule has 38 heavy (non-hydrogen) atoms. The molecule has 0 radical (unpaired) electrons. The normalized spacial score (nSPS) is 25.6. The molecule has 2 aromatic carbocycles. The van der Waals surface area contributed by atoms with Crippen molar-refractivity contribution in [2.45, 2.75) is 44.2 Å². The number of aromatic hydroxyl groups is 1. The second-order valence-electron chi connectivity index (χ2n) is 11.5. The molecule has 7 rings (SSSR count). The molecule has 1 saturated carbocycles. The summed E-state index contributed by atoms with van der Waals surface area (Å²) >= 11 is 0. The van der Waals surface area contributed by atoms with Gasteiger partial charge in [0.2, 0.25) is 0 Å². The molecule has 1 N–H and O–H groups in total. The van der Waals surface area contributed by atoms with Gasteiger partial charge in [0.25, 0.3) is 0 Å². The lowest BCUT2D eigenvalue weighted by Gasteiger charge is -2.54. The molecule has 0 bridgehead atoms. The van der Waals surface area contributed by atoms with Crippen molar-refractivity contribution in [1.29, 1.82) is 0 Å². The third-order valence-electron chi connectivity index (χ3n) is 8.78. The Morgan fingerprint density at radius 3 is 2.55 bits per heavy atom. The first kappa shape index (κ1) is 23.6. The van der Waals surface area contributed by atoms with E-state index in [0.717, 1.165) is 47.4 Å². The zero-order valence-electron chi connectivity index (χ0n) is 22.1. The third-order valence-corrected chi connectivity index (χ3v) is 8.78. The van der Waals surface area contributed by atoms with Crippen LogP contribution < -0.4 is 4.74 Å². The molecule has 2 aliphatic heterocycles. The Bertz CT molecular complexity index is 1500. The quantitative estimate of drug-likeness (QED) is 0.413. The number of hydrogen-bond donors (Lipinski definition) is 1. The maximum atomic E-state index is 10.9. The van der Waals surface area contributed by atoms with Crippen LogP contribution in [0.1, 0.15) is 37.8 Å². The molecule has 8 nitrogen and oxygen atoms in total. The van der Waals surface area contributed by atoms with Gasteiger partial charge in [-0.2, -0.15) is 15.3 Å². The van der Waals surface area contributed by atoms with E-state index in [1.165, 1.54) is 19.3 Å². The van der Waals surface area contributed by atoms with Gasteiger partial charge in [0.1, 0.15) is 17.0 Å². The highest BCUT2D eigenvalue weighted by molar-refractivity contribution is 5.90. The predicted molar refractivity (Wildman–Crippen MR) is 145 cm³/mol. The van der Waals surface area contributed by atoms with Gasteiger partial charge in [0.15, 0.2) is 0 Å². The van der Waals surface area contributed by atoms with Gasteiger partial charge < -0.3 is 14.6 Å². The van der Waals surface area contributed by atoms with Gasteiger partial charge in [-0.15, -0.1) is 0 Å². The first-order valence-corrected chi connectivity index (χ1v) is 13.4. The van der Waals surface area contributed by atoms with E-state index in [2.05, 4.69) is 39.3 Å². The summed E-state index contributed by atoms with van der Waals surface area (Å²) in [6.45, 7) is 5.24. The van der Waals surface area contributed by atoms with E-state index in [-0.39, 0.29) is 5.75 Å². The van der Waals surface area contributed by atoms with Gasteiger partial charge in [-0.1, -0.05) is 6.07 Å². The molecular formula is C30H33N5O3. The summed E-state index contributed by atoms with van der Waals surface area (Å²) in [6, 6.07) is 14.4. The van der Waals surface area contributed by atoms with Crippen LogP contribution >= 0.6 is 0 Å². The molecule has 1 spiro atoms. The van der Waals surface area contributed by atoms with Crippen LogP contribution in [0, 0.1) is 5.41 Å². The number of hydrogen-bond acceptors (Lipinski definition) is 7. The van der Waals surface area contributed by atoms with E-state index >= 15 is 0 Å². The topological polar surface area (TPSA) is 85.5 Å². The number of rotatable bonds is 5. The van der Waals surface area contributed by atoms with E-state index in [4.69, 9.17) is 9.47 Å². The standard InChI is InChI=1S/C30H33N5O3/c1-18-11-30(17-38-18)12-23(13-30)35-15-22(16-35)25-6-7-26(32-31-25)24-5-4-19(9-27(24)36)20-8-21-14-34(2)33-29(21)28(10-20)37-3/h4-10,14,18,22-23,36H,11-13,15-17H2,1-3H3. The Hall–Kier alpha value is -3.49. The molecule has 2 aromatic heterocycles. The van der Waals surface area contributed by atoms with Crippen LogP contribution in [-0.4, -0.2) is 68.9 Å². The van der Waals surface area contributed by atoms with Crippen molar-refractivity contribution in [3.63, 3.8) is 0 Å². The largest absolute Gasteiger partial charge is 0.507 e. The van der Waals surface area contributed by atoms with Crippen LogP contribution in [0.4, 0.5) is 0 Å². The molecule has 1 aliphatic carbocycles. The molecule has 0 amide bonds. The third kappa shape index (κ3) is 3.94. The van der Waals surface area contributed by atoms with Crippen LogP contribution in [0.3, 0.4) is 0 Å². The fourth-order valence-corrected chi connectivity index (χ4v) is 6.70. The van der Waals surface area contributed by atoms with E-state index in [1.54, 1.807) is 17.9 Å². The Labute approximate surface area is 222 Å². The fraction of sp³-hybridized carbons (Fsp3) is 0.433. The molecule has 196 valence electrons. The number of phenolic OH excluding ortho intramolecular Hbond substituents is 1. The molecule has 4 heterocycles. The lowest BCUT2D eigenvalue weighted by Crippen LogP contribution is -2.58. The minimum atomic E-state index is 0.175. The maximum absolute atomic E-state index is 10.9. The van der Waals surface area contributed by atoms with Crippen LogP contribution in [0.5, 0.6) is 11.5 Å². The van der Waals surface area contributed by atoms with Crippen molar-refractivity contribution in [3.05, 3.63) is 54.4 Å². The fourth-order valence-electron chi connectivity index (χ4n) is 6.70. The Morgan fingerprint density at radius 2 is 1.87 bits per heavy atom. The summed E-state index contributed by atoms with van der Waals surface area (Å²) in [5.74, 6) is 1.31. The SMILES string of the molecule is COc1cc(-c2ccc(-c3ccc(C4CN(C5CC6(COC(C)C6)C5)C4)nn3)c(O)c2)cc2cn(C)nc12. The van der Waals surface area contributed by atoms with E-state index in [1.807, 2.05) is 37.5 Å². The van der Waals surface area contributed by atoms with Gasteiger partial charge in [0, 0.05) is 49.2 Å². The minimum Gasteiger partial charge on any atom is -0.507 e. The number of benzene rings is 2. The lowest BCUT2D eigenvalue weighted by atomic mass is 9.63. The number of aryl methyl sites for hydroxylation is 1. The molecule has 3 aliphatic rings. The first-order valence-electron chi connectivity index (χ1n) is 13.4. The average molecular weight is 512 g/mol. The first-order chi connectivity index (χ1) is 18.4. The molecule has 1 unspecified atom stereocenters. The summed E-state index contributed by atoms with van der Waals surface area (Å²) in [5, 5.41) is 25.4. The van der Waals surface area contributed by atoms with Crippen LogP contribution in [-0.2, 0) is 11.8 Å². The minimum absolute atomic E-state index is 0.175. The maximum Gasteiger partial charge on any atom is 0.147 e. The van der Waals surface area contributed by atoms with Crippen molar-refractivity contribution >= 4 is 10.9 Å². The zero-order chi connectivity index (χ0) is 26.0. The zero-order valence-corrected chi connectivity index (χ0v) is 22.1. The Morgan fingerprint density at radius 1 is 1.03 bits per heavy atom. The van der Waals surface area contributed by atoms with Crippen molar-refractivity contribution in [2.75, 3.05) is 26.8 Å². The second kappa shape index (κ2) is 8.78. The molecule has 8 heteroatoms. The number of fused-ring (bicyclic) bond motifs is 1. The number of ether oxygens (including phenoxy) is 2. The summed E-state index contributed by atoms with van der Waals surface area (Å²) in [6.07, 6.45) is 6.14. The molecule has 4 aromatic rings. The number of methoxy groups -OCH3 is 1. The van der Waals surface area contributed by atoms with E-state index in [0.29, 0.717) is 40.5 Å². The van der Waals surface area contributed by atoms with Gasteiger partial charge in [-0.3, -0.25) is 9.58 Å². The Balaban J connectivity index is 1.03. The van der Waals surface area contributed by atoms with Gasteiger partial charge >= 0.3 is 0 Å². The van der Waals surface area contributed by atoms with Crippen molar-refractivity contribution in [2.24, 2.45) is 12.5 Å².